The number of anilines is 1. The third kappa shape index (κ3) is 4.01. The van der Waals surface area contributed by atoms with Gasteiger partial charge in [-0.25, -0.2) is 0 Å². The summed E-state index contributed by atoms with van der Waals surface area (Å²) in [5.74, 6) is 0.0541. The molecule has 0 aromatic heterocycles. The Balaban J connectivity index is 2.11. The highest BCUT2D eigenvalue weighted by molar-refractivity contribution is 5.61. The number of hydrogen-bond acceptors (Lipinski definition) is 5. The van der Waals surface area contributed by atoms with Crippen LogP contribution in [0.2, 0.25) is 0 Å². The fourth-order valence-corrected chi connectivity index (χ4v) is 1.61. The van der Waals surface area contributed by atoms with Gasteiger partial charge in [0, 0.05) is 12.1 Å². The van der Waals surface area contributed by atoms with E-state index in [1.807, 2.05) is 0 Å². The first-order chi connectivity index (χ1) is 10.2. The molecule has 2 aromatic carbocycles. The maximum absolute atomic E-state index is 12.0. The molecule has 0 aliphatic heterocycles. The molecular weight excluding hydrogens is 305 g/mol. The molecule has 0 radical (unpaired) electrons. The van der Waals surface area contributed by atoms with E-state index in [2.05, 4.69) is 4.74 Å². The molecule has 0 unspecified atom stereocenters. The summed E-state index contributed by atoms with van der Waals surface area (Å²) in [5.41, 5.74) is 5.16. The van der Waals surface area contributed by atoms with Crippen molar-refractivity contribution >= 4 is 11.4 Å². The smallest absolute Gasteiger partial charge is 0.457 e. The van der Waals surface area contributed by atoms with Crippen LogP contribution in [0.4, 0.5) is 24.5 Å². The highest BCUT2D eigenvalue weighted by atomic mass is 19.4. The highest BCUT2D eigenvalue weighted by Crippen LogP contribution is 2.30. The van der Waals surface area contributed by atoms with Gasteiger partial charge in [-0.15, -0.1) is 13.2 Å². The van der Waals surface area contributed by atoms with E-state index in [4.69, 9.17) is 10.5 Å². The molecule has 0 spiro atoms. The second kappa shape index (κ2) is 5.80. The molecule has 2 rings (SSSR count). The van der Waals surface area contributed by atoms with Crippen molar-refractivity contribution < 1.29 is 27.6 Å². The summed E-state index contributed by atoms with van der Waals surface area (Å²) in [7, 11) is 0. The van der Waals surface area contributed by atoms with Crippen LogP contribution in [0.1, 0.15) is 0 Å². The zero-order valence-electron chi connectivity index (χ0n) is 10.8. The average molecular weight is 314 g/mol. The van der Waals surface area contributed by atoms with Gasteiger partial charge in [-0.05, 0) is 30.3 Å². The standard InChI is InChI=1S/C13H9F3N2O4/c14-13(15,16)22-9-3-1-8(2-4-9)21-10-5-6-12(18(19)20)11(17)7-10/h1-7H,17H2. The van der Waals surface area contributed by atoms with Crippen LogP contribution < -0.4 is 15.2 Å². The summed E-state index contributed by atoms with van der Waals surface area (Å²) in [6, 6.07) is 8.44. The van der Waals surface area contributed by atoms with E-state index in [9.17, 15) is 23.3 Å². The van der Waals surface area contributed by atoms with Gasteiger partial charge < -0.3 is 15.2 Å². The maximum Gasteiger partial charge on any atom is 0.573 e. The number of benzene rings is 2. The van der Waals surface area contributed by atoms with Crippen LogP contribution in [0.25, 0.3) is 0 Å². The van der Waals surface area contributed by atoms with Crippen LogP contribution in [0.15, 0.2) is 42.5 Å². The molecule has 2 N–H and O–H groups in total. The van der Waals surface area contributed by atoms with Crippen LogP contribution in [0, 0.1) is 10.1 Å². The monoisotopic (exact) mass is 314 g/mol. The number of halogens is 3. The largest absolute Gasteiger partial charge is 0.573 e. The summed E-state index contributed by atoms with van der Waals surface area (Å²) in [6.45, 7) is 0. The number of ether oxygens (including phenoxy) is 2. The van der Waals surface area contributed by atoms with Crippen LogP contribution in [-0.4, -0.2) is 11.3 Å². The quantitative estimate of drug-likeness (QED) is 0.526. The SMILES string of the molecule is Nc1cc(Oc2ccc(OC(F)(F)F)cc2)ccc1[N+](=O)[O-]. The fraction of sp³-hybridized carbons (Fsp3) is 0.0769. The van der Waals surface area contributed by atoms with Gasteiger partial charge in [-0.2, -0.15) is 0 Å². The predicted octanol–water partition coefficient (Wildman–Crippen LogP) is 3.87. The molecule has 0 amide bonds. The number of nitro benzene ring substituents is 1. The van der Waals surface area contributed by atoms with Crippen molar-refractivity contribution in [3.05, 3.63) is 52.6 Å². The Bertz CT molecular complexity index is 687. The van der Waals surface area contributed by atoms with E-state index in [-0.39, 0.29) is 28.6 Å². The Morgan fingerprint density at radius 2 is 1.55 bits per heavy atom. The third-order valence-corrected chi connectivity index (χ3v) is 2.49. The van der Waals surface area contributed by atoms with E-state index in [0.717, 1.165) is 12.1 Å². The highest BCUT2D eigenvalue weighted by Gasteiger charge is 2.30. The lowest BCUT2D eigenvalue weighted by Crippen LogP contribution is -2.16. The van der Waals surface area contributed by atoms with Gasteiger partial charge in [0.2, 0.25) is 0 Å². The lowest BCUT2D eigenvalue weighted by molar-refractivity contribution is -0.383. The molecule has 0 saturated heterocycles. The molecule has 22 heavy (non-hydrogen) atoms. The van der Waals surface area contributed by atoms with Gasteiger partial charge in [0.15, 0.2) is 0 Å². The summed E-state index contributed by atoms with van der Waals surface area (Å²) in [5, 5.41) is 10.6. The lowest BCUT2D eigenvalue weighted by atomic mass is 10.2. The number of rotatable bonds is 4. The van der Waals surface area contributed by atoms with Gasteiger partial charge >= 0.3 is 6.36 Å². The van der Waals surface area contributed by atoms with Gasteiger partial charge in [0.05, 0.1) is 4.92 Å². The van der Waals surface area contributed by atoms with Crippen molar-refractivity contribution in [1.29, 1.82) is 0 Å². The Morgan fingerprint density at radius 1 is 1.00 bits per heavy atom. The Kier molecular flexibility index (Phi) is 4.06. The van der Waals surface area contributed by atoms with Crippen molar-refractivity contribution in [2.75, 3.05) is 5.73 Å². The zero-order chi connectivity index (χ0) is 16.3. The van der Waals surface area contributed by atoms with Crippen molar-refractivity contribution in [3.63, 3.8) is 0 Å². The van der Waals surface area contributed by atoms with Crippen LogP contribution in [-0.2, 0) is 0 Å². The van der Waals surface area contributed by atoms with Crippen LogP contribution >= 0.6 is 0 Å². The first-order valence-electron chi connectivity index (χ1n) is 5.82. The molecule has 0 heterocycles. The lowest BCUT2D eigenvalue weighted by Gasteiger charge is -2.10. The molecule has 6 nitrogen and oxygen atoms in total. The Labute approximate surface area is 122 Å². The van der Waals surface area contributed by atoms with Crippen LogP contribution in [0.3, 0.4) is 0 Å². The molecule has 0 aliphatic carbocycles. The average Bonchev–Trinajstić information content (AvgIpc) is 2.39. The predicted molar refractivity (Wildman–Crippen MR) is 70.7 cm³/mol. The van der Waals surface area contributed by atoms with E-state index in [0.29, 0.717) is 0 Å². The van der Waals surface area contributed by atoms with E-state index in [1.54, 1.807) is 0 Å². The molecule has 0 atom stereocenters. The molecule has 116 valence electrons. The maximum atomic E-state index is 12.0. The molecule has 0 saturated carbocycles. The summed E-state index contributed by atoms with van der Waals surface area (Å²) in [6.07, 6.45) is -4.77. The van der Waals surface area contributed by atoms with Gasteiger partial charge in [-0.3, -0.25) is 10.1 Å². The summed E-state index contributed by atoms with van der Waals surface area (Å²) >= 11 is 0. The van der Waals surface area contributed by atoms with Crippen molar-refractivity contribution in [2.45, 2.75) is 6.36 Å². The van der Waals surface area contributed by atoms with Gasteiger partial charge in [-0.1, -0.05) is 0 Å². The van der Waals surface area contributed by atoms with E-state index < -0.39 is 11.3 Å². The number of nitrogens with two attached hydrogens (primary N) is 1. The minimum absolute atomic E-state index is 0.0838. The molecule has 0 bridgehead atoms. The summed E-state index contributed by atoms with van der Waals surface area (Å²) in [4.78, 5) is 9.99. The number of alkyl halides is 3. The number of hydrogen-bond donors (Lipinski definition) is 1. The second-order valence-corrected chi connectivity index (χ2v) is 4.10. The first-order valence-corrected chi connectivity index (χ1v) is 5.82. The van der Waals surface area contributed by atoms with Gasteiger partial charge in [0.25, 0.3) is 5.69 Å². The second-order valence-electron chi connectivity index (χ2n) is 4.10. The third-order valence-electron chi connectivity index (χ3n) is 2.49. The number of nitrogen functional groups attached to an aromatic ring is 1. The molecule has 0 aliphatic rings. The minimum atomic E-state index is -4.77. The summed E-state index contributed by atoms with van der Waals surface area (Å²) < 4.78 is 45.1. The van der Waals surface area contributed by atoms with Crippen LogP contribution in [0.5, 0.6) is 17.2 Å². The Morgan fingerprint density at radius 3 is 2.05 bits per heavy atom. The Hall–Kier alpha value is -2.97. The topological polar surface area (TPSA) is 87.6 Å². The molecule has 2 aromatic rings. The number of nitro groups is 1. The zero-order valence-corrected chi connectivity index (χ0v) is 10.8. The van der Waals surface area contributed by atoms with Crippen molar-refractivity contribution in [1.82, 2.24) is 0 Å². The fourth-order valence-electron chi connectivity index (χ4n) is 1.61. The normalized spacial score (nSPS) is 11.0. The van der Waals surface area contributed by atoms with Crippen molar-refractivity contribution in [2.24, 2.45) is 0 Å². The van der Waals surface area contributed by atoms with E-state index in [1.165, 1.54) is 30.3 Å². The number of nitrogens with zero attached hydrogens (tertiary/aromatic N) is 1. The molecule has 9 heteroatoms. The van der Waals surface area contributed by atoms with E-state index >= 15 is 0 Å². The van der Waals surface area contributed by atoms with Gasteiger partial charge in [0.1, 0.15) is 22.9 Å². The van der Waals surface area contributed by atoms with Crippen molar-refractivity contribution in [3.8, 4) is 17.2 Å². The minimum Gasteiger partial charge on any atom is -0.457 e. The molecular formula is C13H9F3N2O4. The first kappa shape index (κ1) is 15.4. The molecule has 0 fully saturated rings.